The molecule has 0 aliphatic rings. The van der Waals surface area contributed by atoms with Crippen LogP contribution in [0.2, 0.25) is 0 Å². The van der Waals surface area contributed by atoms with Gasteiger partial charge in [-0.1, -0.05) is 6.07 Å². The van der Waals surface area contributed by atoms with Crippen LogP contribution >= 0.6 is 15.9 Å². The third-order valence-electron chi connectivity index (χ3n) is 2.16. The zero-order valence-electron chi connectivity index (χ0n) is 9.17. The topological polar surface area (TPSA) is 29.5 Å². The molecule has 1 rings (SSSR count). The Labute approximate surface area is 102 Å². The van der Waals surface area contributed by atoms with Gasteiger partial charge in [-0.2, -0.15) is 0 Å². The number of amides is 1. The summed E-state index contributed by atoms with van der Waals surface area (Å²) in [5.41, 5.74) is 0.318. The second-order valence-corrected chi connectivity index (χ2v) is 4.11. The van der Waals surface area contributed by atoms with Gasteiger partial charge < -0.3 is 9.64 Å². The average Bonchev–Trinajstić information content (AvgIpc) is 2.28. The highest BCUT2D eigenvalue weighted by molar-refractivity contribution is 9.10. The van der Waals surface area contributed by atoms with Gasteiger partial charge in [0.25, 0.3) is 5.91 Å². The van der Waals surface area contributed by atoms with Crippen LogP contribution in [0.1, 0.15) is 10.4 Å². The number of hydrogen-bond acceptors (Lipinski definition) is 2. The van der Waals surface area contributed by atoms with Gasteiger partial charge in [-0.25, -0.2) is 4.39 Å². The first-order valence-corrected chi connectivity index (χ1v) is 5.55. The number of carbonyl (C=O) groups is 1. The van der Waals surface area contributed by atoms with Crippen molar-refractivity contribution < 1.29 is 13.9 Å². The lowest BCUT2D eigenvalue weighted by molar-refractivity contribution is 0.0743. The predicted molar refractivity (Wildman–Crippen MR) is 62.9 cm³/mol. The molecule has 1 aromatic carbocycles. The molecule has 0 fully saturated rings. The molecule has 1 aromatic rings. The fourth-order valence-corrected chi connectivity index (χ4v) is 1.64. The van der Waals surface area contributed by atoms with Crippen molar-refractivity contribution in [2.45, 2.75) is 0 Å². The molecule has 5 heteroatoms. The summed E-state index contributed by atoms with van der Waals surface area (Å²) in [6.07, 6.45) is 0. The molecule has 0 atom stereocenters. The molecule has 0 heterocycles. The van der Waals surface area contributed by atoms with Crippen molar-refractivity contribution in [2.75, 3.05) is 27.3 Å². The Kier molecular flexibility index (Phi) is 4.89. The molecule has 0 saturated heterocycles. The van der Waals surface area contributed by atoms with Gasteiger partial charge in [0.15, 0.2) is 0 Å². The largest absolute Gasteiger partial charge is 0.383 e. The Morgan fingerprint density at radius 1 is 1.56 bits per heavy atom. The fraction of sp³-hybridized carbons (Fsp3) is 0.364. The van der Waals surface area contributed by atoms with E-state index in [4.69, 9.17) is 4.74 Å². The number of carbonyl (C=O) groups excluding carboxylic acids is 1. The van der Waals surface area contributed by atoms with Crippen molar-refractivity contribution >= 4 is 21.8 Å². The minimum atomic E-state index is -0.439. The van der Waals surface area contributed by atoms with E-state index in [0.29, 0.717) is 18.7 Å². The Hall–Kier alpha value is -0.940. The normalized spacial score (nSPS) is 10.2. The molecule has 0 bridgehead atoms. The van der Waals surface area contributed by atoms with Gasteiger partial charge in [0.1, 0.15) is 5.82 Å². The van der Waals surface area contributed by atoms with Crippen LogP contribution in [0, 0.1) is 5.82 Å². The molecule has 0 aliphatic carbocycles. The molecule has 0 N–H and O–H groups in total. The second kappa shape index (κ2) is 5.96. The van der Waals surface area contributed by atoms with Gasteiger partial charge in [-0.15, -0.1) is 0 Å². The smallest absolute Gasteiger partial charge is 0.254 e. The summed E-state index contributed by atoms with van der Waals surface area (Å²) >= 11 is 3.06. The van der Waals surface area contributed by atoms with Crippen molar-refractivity contribution in [2.24, 2.45) is 0 Å². The maximum atomic E-state index is 13.2. The summed E-state index contributed by atoms with van der Waals surface area (Å²) in [7, 11) is 3.22. The number of hydrogen-bond donors (Lipinski definition) is 0. The minimum absolute atomic E-state index is 0.198. The minimum Gasteiger partial charge on any atom is -0.383 e. The Balaban J connectivity index is 2.84. The molecule has 0 aliphatic heterocycles. The molecule has 0 saturated carbocycles. The summed E-state index contributed by atoms with van der Waals surface area (Å²) in [5.74, 6) is -0.672. The number of nitrogens with zero attached hydrogens (tertiary/aromatic N) is 1. The maximum absolute atomic E-state index is 13.2. The Morgan fingerprint density at radius 2 is 2.25 bits per heavy atom. The van der Waals surface area contributed by atoms with E-state index in [1.54, 1.807) is 20.2 Å². The first-order valence-electron chi connectivity index (χ1n) is 4.76. The number of ether oxygens (including phenoxy) is 1. The molecule has 3 nitrogen and oxygen atoms in total. The monoisotopic (exact) mass is 289 g/mol. The highest BCUT2D eigenvalue weighted by Gasteiger charge is 2.16. The van der Waals surface area contributed by atoms with Gasteiger partial charge in [0.05, 0.1) is 16.6 Å². The summed E-state index contributed by atoms with van der Waals surface area (Å²) in [6.45, 7) is 0.924. The molecule has 0 unspecified atom stereocenters. The third kappa shape index (κ3) is 3.02. The second-order valence-electron chi connectivity index (χ2n) is 3.32. The van der Waals surface area contributed by atoms with E-state index < -0.39 is 5.82 Å². The molecule has 16 heavy (non-hydrogen) atoms. The van der Waals surface area contributed by atoms with Gasteiger partial charge >= 0.3 is 0 Å². The van der Waals surface area contributed by atoms with Crippen molar-refractivity contribution in [3.8, 4) is 0 Å². The molecular formula is C11H13BrFNO2. The lowest BCUT2D eigenvalue weighted by Gasteiger charge is -2.17. The van der Waals surface area contributed by atoms with Crippen LogP contribution in [-0.4, -0.2) is 38.1 Å². The van der Waals surface area contributed by atoms with Crippen LogP contribution in [0.25, 0.3) is 0 Å². The van der Waals surface area contributed by atoms with Crippen LogP contribution in [0.5, 0.6) is 0 Å². The molecular weight excluding hydrogens is 277 g/mol. The van der Waals surface area contributed by atoms with Gasteiger partial charge in [-0.05, 0) is 28.1 Å². The lowest BCUT2D eigenvalue weighted by Crippen LogP contribution is -2.30. The number of benzene rings is 1. The third-order valence-corrected chi connectivity index (χ3v) is 2.97. The molecule has 0 aromatic heterocycles. The van der Waals surface area contributed by atoms with Crippen LogP contribution in [0.4, 0.5) is 4.39 Å². The van der Waals surface area contributed by atoms with E-state index in [-0.39, 0.29) is 10.4 Å². The summed E-state index contributed by atoms with van der Waals surface area (Å²) in [4.78, 5) is 13.4. The van der Waals surface area contributed by atoms with Gasteiger partial charge in [-0.3, -0.25) is 4.79 Å². The van der Waals surface area contributed by atoms with E-state index in [2.05, 4.69) is 15.9 Å². The summed E-state index contributed by atoms with van der Waals surface area (Å²) < 4.78 is 18.3. The Bertz CT molecular complexity index is 384. The summed E-state index contributed by atoms with van der Waals surface area (Å²) in [5, 5.41) is 0. The number of methoxy groups -OCH3 is 1. The number of halogens is 2. The van der Waals surface area contributed by atoms with Gasteiger partial charge in [0, 0.05) is 20.7 Å². The van der Waals surface area contributed by atoms with Crippen molar-refractivity contribution in [3.05, 3.63) is 34.1 Å². The number of rotatable bonds is 4. The predicted octanol–water partition coefficient (Wildman–Crippen LogP) is 2.31. The van der Waals surface area contributed by atoms with Crippen molar-refractivity contribution in [1.29, 1.82) is 0 Å². The fourth-order valence-electron chi connectivity index (χ4n) is 1.20. The van der Waals surface area contributed by atoms with Crippen LogP contribution in [0.3, 0.4) is 0 Å². The van der Waals surface area contributed by atoms with E-state index in [0.717, 1.165) is 0 Å². The van der Waals surface area contributed by atoms with E-state index >= 15 is 0 Å². The van der Waals surface area contributed by atoms with Crippen LogP contribution in [0.15, 0.2) is 22.7 Å². The van der Waals surface area contributed by atoms with E-state index in [1.165, 1.54) is 17.0 Å². The first-order chi connectivity index (χ1) is 7.57. The maximum Gasteiger partial charge on any atom is 0.254 e. The molecule has 0 radical (unpaired) electrons. The SMILES string of the molecule is COCCN(C)C(=O)c1cccc(F)c1Br. The van der Waals surface area contributed by atoms with E-state index in [9.17, 15) is 9.18 Å². The molecule has 88 valence electrons. The average molecular weight is 290 g/mol. The lowest BCUT2D eigenvalue weighted by atomic mass is 10.2. The van der Waals surface area contributed by atoms with Crippen LogP contribution < -0.4 is 0 Å². The molecule has 0 spiro atoms. The van der Waals surface area contributed by atoms with Gasteiger partial charge in [0.2, 0.25) is 0 Å². The zero-order chi connectivity index (χ0) is 12.1. The van der Waals surface area contributed by atoms with E-state index in [1.807, 2.05) is 0 Å². The summed E-state index contributed by atoms with van der Waals surface area (Å²) in [6, 6.07) is 4.40. The van der Waals surface area contributed by atoms with Crippen molar-refractivity contribution in [3.63, 3.8) is 0 Å². The van der Waals surface area contributed by atoms with Crippen LogP contribution in [-0.2, 0) is 4.74 Å². The zero-order valence-corrected chi connectivity index (χ0v) is 10.8. The quantitative estimate of drug-likeness (QED) is 0.851. The highest BCUT2D eigenvalue weighted by atomic mass is 79.9. The Morgan fingerprint density at radius 3 is 2.88 bits per heavy atom. The first kappa shape index (κ1) is 13.1. The highest BCUT2D eigenvalue weighted by Crippen LogP contribution is 2.21. The van der Waals surface area contributed by atoms with Crippen molar-refractivity contribution in [1.82, 2.24) is 4.90 Å². The number of likely N-dealkylation sites (N-methyl/N-ethyl adjacent to an activating group) is 1. The standard InChI is InChI=1S/C11H13BrFNO2/c1-14(6-7-16-2)11(15)8-4-3-5-9(13)10(8)12/h3-5H,6-7H2,1-2H3. The molecule has 1 amide bonds.